The van der Waals surface area contributed by atoms with Crippen LogP contribution in [0.1, 0.15) is 18.4 Å². The number of hydrogen-bond donors (Lipinski definition) is 1. The normalized spacial score (nSPS) is 22.2. The van der Waals surface area contributed by atoms with Crippen LogP contribution in [0.2, 0.25) is 0 Å². The Morgan fingerprint density at radius 3 is 2.58 bits per heavy atom. The van der Waals surface area contributed by atoms with Gasteiger partial charge in [-0.25, -0.2) is 9.98 Å². The molecular formula is C15H14ClN3. The summed E-state index contributed by atoms with van der Waals surface area (Å²) in [6.07, 6.45) is 8.52. The highest BCUT2D eigenvalue weighted by Crippen LogP contribution is 2.16. The fraction of sp³-hybridized carbons (Fsp3) is 0.200. The van der Waals surface area contributed by atoms with Gasteiger partial charge in [-0.15, -0.1) is 0 Å². The minimum Gasteiger partial charge on any atom is -0.324 e. The third-order valence-electron chi connectivity index (χ3n) is 3.02. The molecular weight excluding hydrogens is 258 g/mol. The lowest BCUT2D eigenvalue weighted by Crippen LogP contribution is -2.37. The van der Waals surface area contributed by atoms with Gasteiger partial charge in [0.15, 0.2) is 0 Å². The van der Waals surface area contributed by atoms with Crippen LogP contribution in [0.5, 0.6) is 0 Å². The summed E-state index contributed by atoms with van der Waals surface area (Å²) in [6, 6.07) is 9.95. The number of rotatable bonds is 2. The van der Waals surface area contributed by atoms with E-state index in [1.165, 1.54) is 0 Å². The average molecular weight is 272 g/mol. The lowest BCUT2D eigenvalue weighted by atomic mass is 10.1. The van der Waals surface area contributed by atoms with Crippen LogP contribution >= 0.6 is 11.6 Å². The van der Waals surface area contributed by atoms with Gasteiger partial charge in [0.1, 0.15) is 11.7 Å². The summed E-state index contributed by atoms with van der Waals surface area (Å²) in [4.78, 5) is 8.68. The highest BCUT2D eigenvalue weighted by Gasteiger charge is 2.18. The summed E-state index contributed by atoms with van der Waals surface area (Å²) in [5.74, 6) is 1.57. The van der Waals surface area contributed by atoms with Crippen LogP contribution in [-0.4, -0.2) is 17.3 Å². The highest BCUT2D eigenvalue weighted by atomic mass is 35.5. The van der Waals surface area contributed by atoms with Crippen molar-refractivity contribution < 1.29 is 0 Å². The van der Waals surface area contributed by atoms with Crippen molar-refractivity contribution in [3.63, 3.8) is 0 Å². The SMILES string of the molecule is ClC1N=C(C2=CCCC=C2)NC(c2ccccc2)=N1. The van der Waals surface area contributed by atoms with Crippen LogP contribution in [0.15, 0.2) is 64.1 Å². The van der Waals surface area contributed by atoms with Crippen LogP contribution in [0.4, 0.5) is 0 Å². The lowest BCUT2D eigenvalue weighted by molar-refractivity contribution is 0.923. The number of hydrogen-bond acceptors (Lipinski definition) is 3. The third kappa shape index (κ3) is 2.76. The third-order valence-corrected chi connectivity index (χ3v) is 3.22. The Labute approximate surface area is 117 Å². The number of nitrogens with zero attached hydrogens (tertiary/aromatic N) is 2. The van der Waals surface area contributed by atoms with Gasteiger partial charge in [0.05, 0.1) is 0 Å². The molecule has 1 atom stereocenters. The van der Waals surface area contributed by atoms with E-state index in [2.05, 4.69) is 33.5 Å². The van der Waals surface area contributed by atoms with E-state index in [1.54, 1.807) is 0 Å². The molecule has 4 heteroatoms. The Kier molecular flexibility index (Phi) is 3.47. The van der Waals surface area contributed by atoms with E-state index in [9.17, 15) is 0 Å². The molecule has 0 radical (unpaired) electrons. The molecule has 1 aromatic carbocycles. The standard InChI is InChI=1S/C15H14ClN3/c16-15-18-13(11-7-3-1-4-8-11)17-14(19-15)12-9-5-2-6-10-12/h1,3-5,7-10,15H,2,6H2,(H,17,18,19). The molecule has 1 aromatic rings. The van der Waals surface area contributed by atoms with Gasteiger partial charge in [0.25, 0.3) is 0 Å². The topological polar surface area (TPSA) is 36.8 Å². The fourth-order valence-electron chi connectivity index (χ4n) is 2.10. The van der Waals surface area contributed by atoms with E-state index in [-0.39, 0.29) is 0 Å². The quantitative estimate of drug-likeness (QED) is 0.651. The van der Waals surface area contributed by atoms with Crippen LogP contribution in [0, 0.1) is 0 Å². The van der Waals surface area contributed by atoms with E-state index in [0.717, 1.165) is 35.6 Å². The molecule has 1 N–H and O–H groups in total. The van der Waals surface area contributed by atoms with Crippen LogP contribution in [0.3, 0.4) is 0 Å². The fourth-order valence-corrected chi connectivity index (χ4v) is 2.29. The summed E-state index contributed by atoms with van der Waals surface area (Å²) in [6.45, 7) is 0. The number of halogens is 1. The number of alkyl halides is 1. The second-order valence-corrected chi connectivity index (χ2v) is 4.79. The molecule has 96 valence electrons. The van der Waals surface area contributed by atoms with Crippen molar-refractivity contribution in [2.75, 3.05) is 0 Å². The second kappa shape index (κ2) is 5.41. The molecule has 3 rings (SSSR count). The Balaban J connectivity index is 1.87. The molecule has 0 amide bonds. The molecule has 0 fully saturated rings. The Morgan fingerprint density at radius 2 is 1.84 bits per heavy atom. The maximum absolute atomic E-state index is 6.11. The zero-order valence-corrected chi connectivity index (χ0v) is 11.1. The Morgan fingerprint density at radius 1 is 1.05 bits per heavy atom. The van der Waals surface area contributed by atoms with Crippen molar-refractivity contribution in [3.8, 4) is 0 Å². The minimum absolute atomic E-state index is 0.567. The maximum atomic E-state index is 6.11. The maximum Gasteiger partial charge on any atom is 0.219 e. The first-order valence-electron chi connectivity index (χ1n) is 6.32. The summed E-state index contributed by atoms with van der Waals surface area (Å²) in [5.41, 5.74) is 1.53. The van der Waals surface area contributed by atoms with Crippen molar-refractivity contribution in [2.24, 2.45) is 9.98 Å². The molecule has 2 aliphatic rings. The zero-order valence-electron chi connectivity index (χ0n) is 10.4. The van der Waals surface area contributed by atoms with E-state index in [4.69, 9.17) is 11.6 Å². The largest absolute Gasteiger partial charge is 0.324 e. The Bertz CT molecular complexity index is 585. The van der Waals surface area contributed by atoms with Gasteiger partial charge in [-0.1, -0.05) is 60.2 Å². The first kappa shape index (κ1) is 12.2. The van der Waals surface area contributed by atoms with Gasteiger partial charge in [-0.05, 0) is 12.8 Å². The molecule has 1 aliphatic heterocycles. The first-order chi connectivity index (χ1) is 9.33. The van der Waals surface area contributed by atoms with Crippen molar-refractivity contribution in [3.05, 3.63) is 59.7 Å². The van der Waals surface area contributed by atoms with Gasteiger partial charge in [-0.3, -0.25) is 0 Å². The summed E-state index contributed by atoms with van der Waals surface area (Å²) in [7, 11) is 0. The molecule has 1 heterocycles. The summed E-state index contributed by atoms with van der Waals surface area (Å²) >= 11 is 6.11. The van der Waals surface area contributed by atoms with Gasteiger partial charge in [0, 0.05) is 11.1 Å². The molecule has 0 saturated heterocycles. The van der Waals surface area contributed by atoms with Crippen molar-refractivity contribution >= 4 is 23.3 Å². The summed E-state index contributed by atoms with van der Waals surface area (Å²) < 4.78 is 0. The highest BCUT2D eigenvalue weighted by molar-refractivity contribution is 6.25. The number of allylic oxidation sites excluding steroid dienone is 2. The molecule has 3 nitrogen and oxygen atoms in total. The number of aliphatic imine (C=N–C) groups is 2. The molecule has 1 aliphatic carbocycles. The number of benzene rings is 1. The van der Waals surface area contributed by atoms with Crippen LogP contribution < -0.4 is 5.32 Å². The molecule has 0 aromatic heterocycles. The van der Waals surface area contributed by atoms with Crippen molar-refractivity contribution in [2.45, 2.75) is 18.5 Å². The molecule has 19 heavy (non-hydrogen) atoms. The Hall–Kier alpha value is -1.87. The second-order valence-electron chi connectivity index (χ2n) is 4.40. The molecule has 1 unspecified atom stereocenters. The van der Waals surface area contributed by atoms with E-state index in [0.29, 0.717) is 0 Å². The molecule has 0 spiro atoms. The first-order valence-corrected chi connectivity index (χ1v) is 6.76. The van der Waals surface area contributed by atoms with Gasteiger partial charge in [-0.2, -0.15) is 0 Å². The monoisotopic (exact) mass is 271 g/mol. The van der Waals surface area contributed by atoms with Crippen molar-refractivity contribution in [1.82, 2.24) is 5.32 Å². The average Bonchev–Trinajstić information content (AvgIpc) is 2.48. The van der Waals surface area contributed by atoms with Gasteiger partial charge < -0.3 is 5.32 Å². The van der Waals surface area contributed by atoms with Crippen LogP contribution in [-0.2, 0) is 0 Å². The smallest absolute Gasteiger partial charge is 0.219 e. The van der Waals surface area contributed by atoms with Gasteiger partial charge in [0.2, 0.25) is 5.62 Å². The molecule has 0 bridgehead atoms. The predicted molar refractivity (Wildman–Crippen MR) is 79.6 cm³/mol. The van der Waals surface area contributed by atoms with Gasteiger partial charge >= 0.3 is 0 Å². The van der Waals surface area contributed by atoms with E-state index in [1.807, 2.05) is 30.3 Å². The number of nitrogens with one attached hydrogen (secondary N) is 1. The van der Waals surface area contributed by atoms with Crippen molar-refractivity contribution in [1.29, 1.82) is 0 Å². The van der Waals surface area contributed by atoms with Crippen LogP contribution in [0.25, 0.3) is 0 Å². The van der Waals surface area contributed by atoms with E-state index >= 15 is 0 Å². The zero-order chi connectivity index (χ0) is 13.1. The lowest BCUT2D eigenvalue weighted by Gasteiger charge is -2.20. The number of amidine groups is 2. The minimum atomic E-state index is -0.567. The summed E-state index contributed by atoms with van der Waals surface area (Å²) in [5, 5.41) is 3.27. The van der Waals surface area contributed by atoms with E-state index < -0.39 is 5.62 Å². The molecule has 0 saturated carbocycles. The predicted octanol–water partition coefficient (Wildman–Crippen LogP) is 3.23.